The van der Waals surface area contributed by atoms with E-state index in [4.69, 9.17) is 0 Å². The fourth-order valence-corrected chi connectivity index (χ4v) is 2.78. The molecule has 0 aromatic carbocycles. The van der Waals surface area contributed by atoms with Gasteiger partial charge in [-0.15, -0.1) is 0 Å². The quantitative estimate of drug-likeness (QED) is 0.543. The lowest BCUT2D eigenvalue weighted by atomic mass is 10.1. The van der Waals surface area contributed by atoms with Gasteiger partial charge >= 0.3 is 0 Å². The van der Waals surface area contributed by atoms with Crippen LogP contribution in [-0.4, -0.2) is 43.5 Å². The lowest BCUT2D eigenvalue weighted by Crippen LogP contribution is -2.19. The molecule has 2 saturated carbocycles. The molecule has 5 rings (SSSR count). The van der Waals surface area contributed by atoms with Crippen molar-refractivity contribution in [1.29, 1.82) is 0 Å². The molecule has 9 heteroatoms. The molecular weight excluding hydrogens is 322 g/mol. The summed E-state index contributed by atoms with van der Waals surface area (Å²) in [6, 6.07) is 0.857. The average Bonchev–Trinajstić information content (AvgIpc) is 3.48. The molecule has 1 saturated heterocycles. The minimum atomic E-state index is -0.355. The third kappa shape index (κ3) is 2.81. The number of hydrogen-bond acceptors (Lipinski definition) is 7. The van der Waals surface area contributed by atoms with Crippen molar-refractivity contribution in [3.63, 3.8) is 0 Å². The number of nitrogens with zero attached hydrogens (tertiary/aromatic N) is 4. The molecule has 0 unspecified atom stereocenters. The number of hydrogen-bond donors (Lipinski definition) is 3. The summed E-state index contributed by atoms with van der Waals surface area (Å²) in [5.41, 5.74) is 1.73. The Morgan fingerprint density at radius 2 is 1.88 bits per heavy atom. The molecule has 0 atom stereocenters. The van der Waals surface area contributed by atoms with Crippen LogP contribution in [0.1, 0.15) is 37.7 Å². The smallest absolute Gasteiger partial charge is 0.254 e. The highest BCUT2D eigenvalue weighted by molar-refractivity contribution is 6.15. The van der Waals surface area contributed by atoms with E-state index in [0.717, 1.165) is 25.7 Å². The van der Waals surface area contributed by atoms with Crippen LogP contribution in [0, 0.1) is 0 Å². The third-order valence-electron chi connectivity index (χ3n) is 4.44. The Labute approximate surface area is 142 Å². The monoisotopic (exact) mass is 339 g/mol. The molecule has 9 nitrogen and oxygen atoms in total. The Balaban J connectivity index is 1.57. The van der Waals surface area contributed by atoms with Gasteiger partial charge in [-0.1, -0.05) is 0 Å². The molecule has 2 aliphatic carbocycles. The van der Waals surface area contributed by atoms with Gasteiger partial charge in [0, 0.05) is 23.2 Å². The maximum absolute atomic E-state index is 11.8. The normalized spacial score (nSPS) is 21.8. The summed E-state index contributed by atoms with van der Waals surface area (Å²) in [4.78, 5) is 32.3. The number of anilines is 2. The van der Waals surface area contributed by atoms with Gasteiger partial charge < -0.3 is 10.6 Å². The lowest BCUT2D eigenvalue weighted by molar-refractivity contribution is -0.124. The second-order valence-corrected chi connectivity index (χ2v) is 6.77. The summed E-state index contributed by atoms with van der Waals surface area (Å²) in [7, 11) is 0. The van der Waals surface area contributed by atoms with E-state index in [9.17, 15) is 9.59 Å². The van der Waals surface area contributed by atoms with E-state index in [1.165, 1.54) is 0 Å². The molecule has 3 fully saturated rings. The highest BCUT2D eigenvalue weighted by Crippen LogP contribution is 2.28. The van der Waals surface area contributed by atoms with Gasteiger partial charge in [-0.25, -0.2) is 0 Å². The van der Waals surface area contributed by atoms with Crippen LogP contribution < -0.4 is 16.0 Å². The molecule has 3 N–H and O–H groups in total. The summed E-state index contributed by atoms with van der Waals surface area (Å²) in [5.74, 6) is 0.568. The zero-order valence-corrected chi connectivity index (χ0v) is 13.5. The summed E-state index contributed by atoms with van der Waals surface area (Å²) >= 11 is 0. The van der Waals surface area contributed by atoms with Gasteiger partial charge in [-0.05, 0) is 31.8 Å². The van der Waals surface area contributed by atoms with Gasteiger partial charge in [0.05, 0.1) is 12.6 Å². The number of amides is 2. The van der Waals surface area contributed by atoms with Crippen molar-refractivity contribution in [3.8, 4) is 0 Å². The third-order valence-corrected chi connectivity index (χ3v) is 4.44. The van der Waals surface area contributed by atoms with E-state index in [0.29, 0.717) is 40.8 Å². The van der Waals surface area contributed by atoms with Crippen molar-refractivity contribution in [1.82, 2.24) is 24.9 Å². The fraction of sp³-hybridized carbons (Fsp3) is 0.438. The number of carbonyl (C=O) groups excluding carboxylic acids is 2. The fourth-order valence-electron chi connectivity index (χ4n) is 2.78. The Bertz CT molecular complexity index is 924. The molecule has 2 aromatic heterocycles. The molecule has 3 heterocycles. The average molecular weight is 339 g/mol. The van der Waals surface area contributed by atoms with Crippen LogP contribution in [0.4, 0.5) is 11.9 Å². The molecule has 3 aliphatic rings. The first-order valence-corrected chi connectivity index (χ1v) is 8.49. The van der Waals surface area contributed by atoms with Gasteiger partial charge in [-0.2, -0.15) is 19.6 Å². The van der Waals surface area contributed by atoms with E-state index in [1.807, 2.05) is 0 Å². The molecule has 128 valence electrons. The minimum absolute atomic E-state index is 0.0849. The van der Waals surface area contributed by atoms with Crippen molar-refractivity contribution >= 4 is 35.4 Å². The Morgan fingerprint density at radius 3 is 2.56 bits per heavy atom. The summed E-state index contributed by atoms with van der Waals surface area (Å²) in [5, 5.41) is 13.3. The van der Waals surface area contributed by atoms with Crippen LogP contribution in [0.25, 0.3) is 11.7 Å². The number of nitrogens with one attached hydrogen (secondary N) is 3. The zero-order chi connectivity index (χ0) is 17.0. The first-order valence-electron chi connectivity index (χ1n) is 8.49. The van der Waals surface area contributed by atoms with Crippen molar-refractivity contribution in [2.24, 2.45) is 0 Å². The van der Waals surface area contributed by atoms with Crippen LogP contribution >= 0.6 is 0 Å². The number of aromatic nitrogens is 4. The second kappa shape index (κ2) is 5.27. The number of fused-ring (bicyclic) bond motifs is 1. The Hall–Kier alpha value is -2.97. The van der Waals surface area contributed by atoms with E-state index in [2.05, 4.69) is 31.0 Å². The van der Waals surface area contributed by atoms with E-state index < -0.39 is 0 Å². The van der Waals surface area contributed by atoms with E-state index >= 15 is 0 Å². The van der Waals surface area contributed by atoms with Crippen LogP contribution in [0.5, 0.6) is 0 Å². The topological polar surface area (TPSA) is 113 Å². The van der Waals surface area contributed by atoms with Crippen LogP contribution in [0.15, 0.2) is 11.8 Å². The number of carbonyl (C=O) groups is 2. The van der Waals surface area contributed by atoms with Crippen LogP contribution in [0.2, 0.25) is 0 Å². The lowest BCUT2D eigenvalue weighted by Gasteiger charge is -2.09. The van der Waals surface area contributed by atoms with Crippen molar-refractivity contribution in [2.75, 3.05) is 10.6 Å². The molecule has 2 aromatic rings. The van der Waals surface area contributed by atoms with Gasteiger partial charge in [0.2, 0.25) is 17.8 Å². The predicted octanol–water partition coefficient (Wildman–Crippen LogP) is 0.703. The summed E-state index contributed by atoms with van der Waals surface area (Å²) in [6.45, 7) is 0. The van der Waals surface area contributed by atoms with E-state index in [-0.39, 0.29) is 18.2 Å². The van der Waals surface area contributed by atoms with Crippen LogP contribution in [0.3, 0.4) is 0 Å². The molecule has 2 amide bonds. The van der Waals surface area contributed by atoms with Crippen molar-refractivity contribution in [3.05, 3.63) is 17.3 Å². The molecule has 1 aliphatic heterocycles. The maximum atomic E-state index is 11.8. The Morgan fingerprint density at radius 1 is 1.12 bits per heavy atom. The highest BCUT2D eigenvalue weighted by Gasteiger charge is 2.27. The Kier molecular flexibility index (Phi) is 3.03. The number of rotatable bonds is 5. The maximum Gasteiger partial charge on any atom is 0.254 e. The first kappa shape index (κ1) is 14.4. The molecule has 0 radical (unpaired) electrons. The van der Waals surface area contributed by atoms with Gasteiger partial charge in [-0.3, -0.25) is 14.9 Å². The molecule has 0 spiro atoms. The standard InChI is InChI=1S/C16H17N7O2/c24-12-6-8(14(25)20-12)5-9-7-17-23-13(9)21-15(18-10-1-2-10)22-16(23)19-11-3-4-11/h5,7,10-11H,1-4,6H2,(H,20,24,25)(H2,18,19,21,22)/b8-5+. The first-order chi connectivity index (χ1) is 12.2. The van der Waals surface area contributed by atoms with E-state index in [1.54, 1.807) is 16.8 Å². The van der Waals surface area contributed by atoms with Crippen LogP contribution in [-0.2, 0) is 9.59 Å². The second-order valence-electron chi connectivity index (χ2n) is 6.77. The predicted molar refractivity (Wildman–Crippen MR) is 89.8 cm³/mol. The highest BCUT2D eigenvalue weighted by atomic mass is 16.2. The zero-order valence-electron chi connectivity index (χ0n) is 13.5. The molecule has 0 bridgehead atoms. The van der Waals surface area contributed by atoms with Gasteiger partial charge in [0.1, 0.15) is 0 Å². The summed E-state index contributed by atoms with van der Waals surface area (Å²) < 4.78 is 1.65. The number of imide groups is 1. The van der Waals surface area contributed by atoms with Crippen molar-refractivity contribution < 1.29 is 9.59 Å². The largest absolute Gasteiger partial charge is 0.351 e. The minimum Gasteiger partial charge on any atom is -0.351 e. The van der Waals surface area contributed by atoms with Gasteiger partial charge in [0.15, 0.2) is 5.65 Å². The van der Waals surface area contributed by atoms with Gasteiger partial charge in [0.25, 0.3) is 5.91 Å². The molecule has 25 heavy (non-hydrogen) atoms. The SMILES string of the molecule is O=C1C/C(=C\c2cnn3c(NC4CC4)nc(NC4CC4)nc23)C(=O)N1. The molecular formula is C16H17N7O2. The summed E-state index contributed by atoms with van der Waals surface area (Å²) in [6.07, 6.45) is 7.90. The van der Waals surface area contributed by atoms with Crippen molar-refractivity contribution in [2.45, 2.75) is 44.2 Å².